The first kappa shape index (κ1) is 14.6. The lowest BCUT2D eigenvalue weighted by Crippen LogP contribution is -2.41. The average molecular weight is 302 g/mol. The summed E-state index contributed by atoms with van der Waals surface area (Å²) in [6, 6.07) is 8.27. The molecular formula is C14H20ClNS2. The highest BCUT2D eigenvalue weighted by molar-refractivity contribution is 8.07. The van der Waals surface area contributed by atoms with Gasteiger partial charge in [-0.3, -0.25) is 0 Å². The van der Waals surface area contributed by atoms with Crippen LogP contribution in [0.15, 0.2) is 24.3 Å². The molecule has 1 aliphatic rings. The highest BCUT2D eigenvalue weighted by Crippen LogP contribution is 2.37. The van der Waals surface area contributed by atoms with Crippen LogP contribution in [0.3, 0.4) is 0 Å². The summed E-state index contributed by atoms with van der Waals surface area (Å²) in [4.78, 5) is 0. The minimum atomic E-state index is 0.235. The van der Waals surface area contributed by atoms with E-state index in [1.54, 1.807) is 0 Å². The van der Waals surface area contributed by atoms with Crippen molar-refractivity contribution in [1.82, 2.24) is 0 Å². The van der Waals surface area contributed by atoms with Crippen LogP contribution in [0.2, 0.25) is 5.02 Å². The number of benzene rings is 1. The van der Waals surface area contributed by atoms with Crippen LogP contribution >= 0.6 is 35.1 Å². The smallest absolute Gasteiger partial charge is 0.0406 e. The van der Waals surface area contributed by atoms with Gasteiger partial charge in [-0.2, -0.15) is 23.5 Å². The van der Waals surface area contributed by atoms with Gasteiger partial charge in [0.05, 0.1) is 0 Å². The van der Waals surface area contributed by atoms with E-state index < -0.39 is 0 Å². The fraction of sp³-hybridized carbons (Fsp3) is 0.571. The molecule has 0 spiro atoms. The quantitative estimate of drug-likeness (QED) is 0.919. The van der Waals surface area contributed by atoms with Crippen LogP contribution < -0.4 is 5.73 Å². The zero-order chi connectivity index (χ0) is 13.1. The van der Waals surface area contributed by atoms with Crippen molar-refractivity contribution in [3.05, 3.63) is 34.9 Å². The van der Waals surface area contributed by atoms with Crippen LogP contribution in [-0.2, 0) is 6.42 Å². The monoisotopic (exact) mass is 301 g/mol. The molecule has 1 aliphatic heterocycles. The zero-order valence-electron chi connectivity index (χ0n) is 10.8. The van der Waals surface area contributed by atoms with Gasteiger partial charge in [0.25, 0.3) is 0 Å². The summed E-state index contributed by atoms with van der Waals surface area (Å²) in [5, 5.41) is 2.80. The van der Waals surface area contributed by atoms with Gasteiger partial charge in [0, 0.05) is 32.6 Å². The van der Waals surface area contributed by atoms with Crippen LogP contribution in [0.1, 0.15) is 19.4 Å². The minimum absolute atomic E-state index is 0.235. The zero-order valence-corrected chi connectivity index (χ0v) is 13.2. The standard InChI is InChI=1S/C14H20ClNS2/c1-9-10(2)18-14(8-17-9)13(16)7-11-3-5-12(15)6-4-11/h3-6,9-10,13-14H,7-8,16H2,1-2H3. The maximum absolute atomic E-state index is 6.36. The molecule has 0 aromatic heterocycles. The van der Waals surface area contributed by atoms with Crippen LogP contribution in [-0.4, -0.2) is 27.5 Å². The molecule has 0 bridgehead atoms. The molecule has 0 saturated carbocycles. The molecule has 1 fully saturated rings. The number of halogens is 1. The Hall–Kier alpha value is 0.170. The fourth-order valence-corrected chi connectivity index (χ4v) is 5.24. The molecule has 0 aliphatic carbocycles. The molecule has 0 radical (unpaired) electrons. The third kappa shape index (κ3) is 3.83. The Labute approximate surface area is 123 Å². The predicted octanol–water partition coefficient (Wildman–Crippen LogP) is 3.84. The van der Waals surface area contributed by atoms with Gasteiger partial charge in [-0.25, -0.2) is 0 Å². The van der Waals surface area contributed by atoms with Crippen molar-refractivity contribution < 1.29 is 0 Å². The van der Waals surface area contributed by atoms with Crippen LogP contribution in [0.25, 0.3) is 0 Å². The SMILES string of the molecule is CC1SCC(C(N)Cc2ccc(Cl)cc2)SC1C. The van der Waals surface area contributed by atoms with E-state index >= 15 is 0 Å². The van der Waals surface area contributed by atoms with Crippen molar-refractivity contribution in [2.24, 2.45) is 5.73 Å². The normalized spacial score (nSPS) is 30.1. The Morgan fingerprint density at radius 3 is 2.56 bits per heavy atom. The summed E-state index contributed by atoms with van der Waals surface area (Å²) in [6.45, 7) is 4.62. The van der Waals surface area contributed by atoms with Crippen molar-refractivity contribution in [2.45, 2.75) is 42.1 Å². The topological polar surface area (TPSA) is 26.0 Å². The molecule has 2 N–H and O–H groups in total. The van der Waals surface area contributed by atoms with Gasteiger partial charge in [-0.1, -0.05) is 37.6 Å². The summed E-state index contributed by atoms with van der Waals surface area (Å²) in [6.07, 6.45) is 0.941. The Balaban J connectivity index is 1.91. The third-order valence-corrected chi connectivity index (χ3v) is 7.26. The molecule has 1 heterocycles. The van der Waals surface area contributed by atoms with Crippen molar-refractivity contribution in [3.8, 4) is 0 Å². The maximum Gasteiger partial charge on any atom is 0.0406 e. The van der Waals surface area contributed by atoms with Crippen molar-refractivity contribution in [2.75, 3.05) is 5.75 Å². The molecule has 1 saturated heterocycles. The van der Waals surface area contributed by atoms with E-state index in [4.69, 9.17) is 17.3 Å². The number of hydrogen-bond acceptors (Lipinski definition) is 3. The third-order valence-electron chi connectivity index (χ3n) is 3.44. The van der Waals surface area contributed by atoms with E-state index in [-0.39, 0.29) is 6.04 Å². The summed E-state index contributed by atoms with van der Waals surface area (Å²) < 4.78 is 0. The van der Waals surface area contributed by atoms with Crippen LogP contribution in [0, 0.1) is 0 Å². The lowest BCUT2D eigenvalue weighted by atomic mass is 10.0. The first-order valence-corrected chi connectivity index (χ1v) is 8.70. The Bertz CT molecular complexity index is 382. The average Bonchev–Trinajstić information content (AvgIpc) is 2.35. The molecule has 0 amide bonds. The summed E-state index contributed by atoms with van der Waals surface area (Å²) in [7, 11) is 0. The van der Waals surface area contributed by atoms with Gasteiger partial charge in [0.2, 0.25) is 0 Å². The molecule has 1 nitrogen and oxygen atoms in total. The second-order valence-electron chi connectivity index (χ2n) is 4.91. The van der Waals surface area contributed by atoms with Gasteiger partial charge in [-0.05, 0) is 24.1 Å². The van der Waals surface area contributed by atoms with E-state index in [2.05, 4.69) is 49.5 Å². The molecule has 100 valence electrons. The summed E-state index contributed by atoms with van der Waals surface area (Å²) in [5.41, 5.74) is 7.64. The number of rotatable bonds is 3. The van der Waals surface area contributed by atoms with Gasteiger partial charge in [0.1, 0.15) is 0 Å². The van der Waals surface area contributed by atoms with E-state index in [1.807, 2.05) is 12.1 Å². The molecule has 4 unspecified atom stereocenters. The van der Waals surface area contributed by atoms with Gasteiger partial charge in [0.15, 0.2) is 0 Å². The summed E-state index contributed by atoms with van der Waals surface area (Å²) in [5.74, 6) is 1.17. The molecule has 4 heteroatoms. The Morgan fingerprint density at radius 2 is 1.94 bits per heavy atom. The van der Waals surface area contributed by atoms with E-state index in [9.17, 15) is 0 Å². The van der Waals surface area contributed by atoms with E-state index in [1.165, 1.54) is 11.3 Å². The Morgan fingerprint density at radius 1 is 1.28 bits per heavy atom. The van der Waals surface area contributed by atoms with Gasteiger partial charge < -0.3 is 5.73 Å². The number of thioether (sulfide) groups is 2. The molecule has 1 aromatic carbocycles. The highest BCUT2D eigenvalue weighted by atomic mass is 35.5. The van der Waals surface area contributed by atoms with Crippen molar-refractivity contribution >= 4 is 35.1 Å². The number of nitrogens with two attached hydrogens (primary N) is 1. The first-order chi connectivity index (χ1) is 8.56. The second-order valence-corrected chi connectivity index (χ2v) is 8.38. The van der Waals surface area contributed by atoms with Crippen molar-refractivity contribution in [3.63, 3.8) is 0 Å². The summed E-state index contributed by atoms with van der Waals surface area (Å²) >= 11 is 10.0. The molecule has 18 heavy (non-hydrogen) atoms. The van der Waals surface area contributed by atoms with Crippen LogP contribution in [0.4, 0.5) is 0 Å². The molecule has 1 aromatic rings. The fourth-order valence-electron chi connectivity index (χ4n) is 2.06. The van der Waals surface area contributed by atoms with Crippen LogP contribution in [0.5, 0.6) is 0 Å². The largest absolute Gasteiger partial charge is 0.326 e. The Kier molecular flexibility index (Phi) is 5.31. The molecular weight excluding hydrogens is 282 g/mol. The lowest BCUT2D eigenvalue weighted by Gasteiger charge is -2.34. The van der Waals surface area contributed by atoms with E-state index in [0.29, 0.717) is 10.5 Å². The van der Waals surface area contributed by atoms with Crippen molar-refractivity contribution in [1.29, 1.82) is 0 Å². The van der Waals surface area contributed by atoms with E-state index in [0.717, 1.165) is 16.7 Å². The van der Waals surface area contributed by atoms with Gasteiger partial charge in [-0.15, -0.1) is 0 Å². The lowest BCUT2D eigenvalue weighted by molar-refractivity contribution is 0.657. The second kappa shape index (κ2) is 6.56. The predicted molar refractivity (Wildman–Crippen MR) is 85.9 cm³/mol. The molecule has 2 rings (SSSR count). The molecule has 4 atom stereocenters. The van der Waals surface area contributed by atoms with Gasteiger partial charge >= 0.3 is 0 Å². The highest BCUT2D eigenvalue weighted by Gasteiger charge is 2.29. The minimum Gasteiger partial charge on any atom is -0.326 e. The number of hydrogen-bond donors (Lipinski definition) is 1. The maximum atomic E-state index is 6.36. The first-order valence-electron chi connectivity index (χ1n) is 6.33.